The van der Waals surface area contributed by atoms with E-state index in [1.807, 2.05) is 0 Å². The summed E-state index contributed by atoms with van der Waals surface area (Å²) in [5, 5.41) is 13.5. The van der Waals surface area contributed by atoms with Crippen LogP contribution < -0.4 is 10.2 Å². The zero-order valence-corrected chi connectivity index (χ0v) is 11.6. The Kier molecular flexibility index (Phi) is 4.45. The zero-order valence-electron chi connectivity index (χ0n) is 11.6. The smallest absolute Gasteiger partial charge is 0.291 e. The average Bonchev–Trinajstić information content (AvgIpc) is 2.53. The van der Waals surface area contributed by atoms with Gasteiger partial charge in [-0.15, -0.1) is 0 Å². The van der Waals surface area contributed by atoms with Gasteiger partial charge < -0.3 is 9.84 Å². The van der Waals surface area contributed by atoms with Crippen LogP contribution in [0, 0.1) is 0 Å². The van der Waals surface area contributed by atoms with Gasteiger partial charge in [-0.2, -0.15) is 5.10 Å². The fourth-order valence-corrected chi connectivity index (χ4v) is 1.58. The van der Waals surface area contributed by atoms with Crippen LogP contribution >= 0.6 is 0 Å². The molecule has 0 bridgehead atoms. The Morgan fingerprint density at radius 3 is 2.86 bits per heavy atom. The minimum absolute atomic E-state index is 0.0395. The number of ether oxygens (including phenoxy) is 1. The Labute approximate surface area is 121 Å². The van der Waals surface area contributed by atoms with Gasteiger partial charge in [0.1, 0.15) is 5.69 Å². The van der Waals surface area contributed by atoms with E-state index in [-0.39, 0.29) is 11.4 Å². The van der Waals surface area contributed by atoms with Crippen LogP contribution in [0.2, 0.25) is 0 Å². The summed E-state index contributed by atoms with van der Waals surface area (Å²) in [6, 6.07) is 4.80. The molecule has 2 aromatic rings. The maximum absolute atomic E-state index is 11.8. The first-order valence-corrected chi connectivity index (χ1v) is 6.10. The van der Waals surface area contributed by atoms with Crippen LogP contribution in [0.3, 0.4) is 0 Å². The molecule has 0 aliphatic carbocycles. The Balaban J connectivity index is 2.13. The van der Waals surface area contributed by atoms with E-state index in [9.17, 15) is 9.90 Å². The maximum Gasteiger partial charge on any atom is 0.291 e. The number of hydrazone groups is 1. The summed E-state index contributed by atoms with van der Waals surface area (Å²) in [6.07, 6.45) is 4.26. The molecular weight excluding hydrogens is 272 g/mol. The Morgan fingerprint density at radius 1 is 1.38 bits per heavy atom. The van der Waals surface area contributed by atoms with Crippen molar-refractivity contribution >= 4 is 11.6 Å². The number of carbonyl (C=O) groups excluding carboxylic acids is 1. The van der Waals surface area contributed by atoms with Crippen molar-refractivity contribution in [2.24, 2.45) is 5.10 Å². The lowest BCUT2D eigenvalue weighted by Gasteiger charge is -2.06. The fraction of sp³-hybridized carbons (Fsp3) is 0.143. The topological polar surface area (TPSA) is 96.7 Å². The van der Waals surface area contributed by atoms with Gasteiger partial charge in [-0.25, -0.2) is 10.4 Å². The molecule has 0 radical (unpaired) electrons. The van der Waals surface area contributed by atoms with Gasteiger partial charge >= 0.3 is 0 Å². The summed E-state index contributed by atoms with van der Waals surface area (Å²) in [6.45, 7) is 1.72. The molecule has 0 saturated heterocycles. The van der Waals surface area contributed by atoms with Gasteiger partial charge in [0, 0.05) is 18.0 Å². The highest BCUT2D eigenvalue weighted by atomic mass is 16.5. The Hall–Kier alpha value is -2.96. The molecule has 1 aromatic carbocycles. The third-order valence-corrected chi connectivity index (χ3v) is 2.72. The molecule has 1 aromatic heterocycles. The second-order valence-corrected chi connectivity index (χ2v) is 4.12. The highest BCUT2D eigenvalue weighted by Crippen LogP contribution is 2.26. The van der Waals surface area contributed by atoms with Crippen LogP contribution in [-0.2, 0) is 0 Å². The van der Waals surface area contributed by atoms with Crippen molar-refractivity contribution in [2.75, 3.05) is 7.11 Å². The quantitative estimate of drug-likeness (QED) is 0.653. The molecule has 0 aliphatic heterocycles. The van der Waals surface area contributed by atoms with E-state index in [1.54, 1.807) is 19.1 Å². The first-order valence-electron chi connectivity index (χ1n) is 6.10. The largest absolute Gasteiger partial charge is 0.504 e. The molecule has 0 spiro atoms. The van der Waals surface area contributed by atoms with E-state index in [1.165, 1.54) is 31.8 Å². The molecule has 0 atom stereocenters. The fourth-order valence-electron chi connectivity index (χ4n) is 1.58. The van der Waals surface area contributed by atoms with Crippen LogP contribution in [0.25, 0.3) is 0 Å². The number of methoxy groups -OCH3 is 1. The molecule has 2 rings (SSSR count). The zero-order chi connectivity index (χ0) is 15.2. The standard InChI is InChI=1S/C14H14N4O3/c1-9(10-3-4-12(19)13(7-10)21-2)17-18-14(20)11-8-15-5-6-16-11/h3-8,19H,1-2H3,(H,18,20)/b17-9-. The molecule has 0 fully saturated rings. The molecular formula is C14H14N4O3. The van der Waals surface area contributed by atoms with E-state index in [0.29, 0.717) is 17.0 Å². The lowest BCUT2D eigenvalue weighted by molar-refractivity contribution is 0.0949. The maximum atomic E-state index is 11.8. The van der Waals surface area contributed by atoms with Gasteiger partial charge in [-0.1, -0.05) is 0 Å². The molecule has 7 heteroatoms. The first-order chi connectivity index (χ1) is 10.1. The number of aromatic nitrogens is 2. The van der Waals surface area contributed by atoms with Crippen molar-refractivity contribution in [3.05, 3.63) is 48.0 Å². The predicted octanol–water partition coefficient (Wildman–Crippen LogP) is 1.34. The normalized spacial score (nSPS) is 11.0. The molecule has 0 unspecified atom stereocenters. The van der Waals surface area contributed by atoms with Crippen LogP contribution in [0.4, 0.5) is 0 Å². The summed E-state index contributed by atoms with van der Waals surface area (Å²) < 4.78 is 5.02. The lowest BCUT2D eigenvalue weighted by Crippen LogP contribution is -2.20. The number of benzene rings is 1. The second kappa shape index (κ2) is 6.47. The monoisotopic (exact) mass is 286 g/mol. The molecule has 108 valence electrons. The Bertz CT molecular complexity index is 671. The molecule has 2 N–H and O–H groups in total. The SMILES string of the molecule is COc1cc(/C(C)=N\NC(=O)c2cnccn2)ccc1O. The van der Waals surface area contributed by atoms with Crippen molar-refractivity contribution in [1.29, 1.82) is 0 Å². The number of hydrogen-bond donors (Lipinski definition) is 2. The number of nitrogens with zero attached hydrogens (tertiary/aromatic N) is 3. The van der Waals surface area contributed by atoms with Crippen molar-refractivity contribution in [3.8, 4) is 11.5 Å². The van der Waals surface area contributed by atoms with Crippen LogP contribution in [-0.4, -0.2) is 33.8 Å². The number of aromatic hydroxyl groups is 1. The van der Waals surface area contributed by atoms with Gasteiger partial charge in [-0.05, 0) is 25.1 Å². The minimum atomic E-state index is -0.451. The second-order valence-electron chi connectivity index (χ2n) is 4.12. The molecule has 0 saturated carbocycles. The summed E-state index contributed by atoms with van der Waals surface area (Å²) in [5.74, 6) is -0.0758. The van der Waals surface area contributed by atoms with Crippen molar-refractivity contribution in [2.45, 2.75) is 6.92 Å². The summed E-state index contributed by atoms with van der Waals surface area (Å²) in [7, 11) is 1.46. The van der Waals surface area contributed by atoms with E-state index in [0.717, 1.165) is 0 Å². The van der Waals surface area contributed by atoms with Crippen LogP contribution in [0.1, 0.15) is 23.0 Å². The minimum Gasteiger partial charge on any atom is -0.504 e. The van der Waals surface area contributed by atoms with Crippen molar-refractivity contribution < 1.29 is 14.6 Å². The summed E-state index contributed by atoms with van der Waals surface area (Å²) in [4.78, 5) is 19.5. The third kappa shape index (κ3) is 3.53. The molecule has 7 nitrogen and oxygen atoms in total. The Morgan fingerprint density at radius 2 is 2.19 bits per heavy atom. The van der Waals surface area contributed by atoms with Crippen LogP contribution in [0.5, 0.6) is 11.5 Å². The van der Waals surface area contributed by atoms with Gasteiger partial charge in [-0.3, -0.25) is 9.78 Å². The lowest BCUT2D eigenvalue weighted by atomic mass is 10.1. The third-order valence-electron chi connectivity index (χ3n) is 2.72. The first kappa shape index (κ1) is 14.4. The van der Waals surface area contributed by atoms with Gasteiger partial charge in [0.2, 0.25) is 0 Å². The number of hydrogen-bond acceptors (Lipinski definition) is 6. The van der Waals surface area contributed by atoms with Gasteiger partial charge in [0.15, 0.2) is 11.5 Å². The predicted molar refractivity (Wildman–Crippen MR) is 76.4 cm³/mol. The van der Waals surface area contributed by atoms with Crippen LogP contribution in [0.15, 0.2) is 41.9 Å². The number of carbonyl (C=O) groups is 1. The van der Waals surface area contributed by atoms with E-state index in [4.69, 9.17) is 4.74 Å². The average molecular weight is 286 g/mol. The summed E-state index contributed by atoms with van der Waals surface area (Å²) >= 11 is 0. The van der Waals surface area contributed by atoms with E-state index < -0.39 is 5.91 Å². The van der Waals surface area contributed by atoms with Gasteiger partial charge in [0.05, 0.1) is 19.0 Å². The number of rotatable bonds is 4. The number of phenols is 1. The molecule has 21 heavy (non-hydrogen) atoms. The highest BCUT2D eigenvalue weighted by molar-refractivity contribution is 6.00. The number of amides is 1. The highest BCUT2D eigenvalue weighted by Gasteiger charge is 2.07. The molecule has 1 amide bonds. The van der Waals surface area contributed by atoms with E-state index >= 15 is 0 Å². The number of phenolic OH excluding ortho intramolecular Hbond substituents is 1. The van der Waals surface area contributed by atoms with Gasteiger partial charge in [0.25, 0.3) is 5.91 Å². The molecule has 0 aliphatic rings. The van der Waals surface area contributed by atoms with Crippen molar-refractivity contribution in [1.82, 2.24) is 15.4 Å². The number of nitrogens with one attached hydrogen (secondary N) is 1. The van der Waals surface area contributed by atoms with E-state index in [2.05, 4.69) is 20.5 Å². The molecule has 1 heterocycles. The summed E-state index contributed by atoms with van der Waals surface area (Å²) in [5.41, 5.74) is 3.84. The van der Waals surface area contributed by atoms with Crippen molar-refractivity contribution in [3.63, 3.8) is 0 Å².